The molecule has 0 aliphatic rings. The number of hydrogen-bond donors (Lipinski definition) is 7. The van der Waals surface area contributed by atoms with Gasteiger partial charge in [0.1, 0.15) is 18.1 Å². The van der Waals surface area contributed by atoms with Gasteiger partial charge in [-0.3, -0.25) is 19.2 Å². The molecule has 0 fully saturated rings. The fourth-order valence-electron chi connectivity index (χ4n) is 2.63. The van der Waals surface area contributed by atoms with Gasteiger partial charge >= 0.3 is 11.9 Å². The molecule has 11 nitrogen and oxygen atoms in total. The molecule has 0 bridgehead atoms. The molecule has 1 aromatic carbocycles. The second-order valence-corrected chi connectivity index (χ2v) is 7.48. The number of rotatable bonds is 13. The molecule has 4 atom stereocenters. The standard InChI is InChI=1S/C20H28N4O7S/c1-11(21)17(27)24-15(10-32)19(29)23-14(9-12-5-3-2-4-6-12)18(28)22-13(20(30)31)7-8-16(25)26/h2-6,11,13-15,32H,7-10,21H2,1H3,(H,22,28)(H,23,29)(H,24,27)(H,25,26)(H,30,31). The van der Waals surface area contributed by atoms with E-state index in [0.29, 0.717) is 5.56 Å². The Morgan fingerprint density at radius 1 is 0.906 bits per heavy atom. The van der Waals surface area contributed by atoms with Crippen molar-refractivity contribution in [2.75, 3.05) is 5.75 Å². The number of aliphatic carboxylic acids is 2. The molecule has 3 amide bonds. The molecule has 7 N–H and O–H groups in total. The number of carbonyl (C=O) groups excluding carboxylic acids is 3. The first-order chi connectivity index (χ1) is 15.0. The van der Waals surface area contributed by atoms with Crippen molar-refractivity contribution in [1.82, 2.24) is 16.0 Å². The largest absolute Gasteiger partial charge is 0.481 e. The van der Waals surface area contributed by atoms with Crippen LogP contribution in [0.5, 0.6) is 0 Å². The molecule has 1 aromatic rings. The highest BCUT2D eigenvalue weighted by atomic mass is 32.1. The van der Waals surface area contributed by atoms with Gasteiger partial charge in [-0.05, 0) is 18.9 Å². The lowest BCUT2D eigenvalue weighted by atomic mass is 10.0. The summed E-state index contributed by atoms with van der Waals surface area (Å²) >= 11 is 4.05. The average molecular weight is 469 g/mol. The number of nitrogens with one attached hydrogen (secondary N) is 3. The minimum Gasteiger partial charge on any atom is -0.481 e. The van der Waals surface area contributed by atoms with Gasteiger partial charge in [0.05, 0.1) is 6.04 Å². The zero-order valence-electron chi connectivity index (χ0n) is 17.5. The number of amides is 3. The predicted molar refractivity (Wildman–Crippen MR) is 118 cm³/mol. The SMILES string of the molecule is CC(N)C(=O)NC(CS)C(=O)NC(Cc1ccccc1)C(=O)NC(CCC(=O)O)C(=O)O. The van der Waals surface area contributed by atoms with Crippen LogP contribution in [0.1, 0.15) is 25.3 Å². The minimum absolute atomic E-state index is 0.0320. The Balaban J connectivity index is 3.01. The van der Waals surface area contributed by atoms with Crippen molar-refractivity contribution >= 4 is 42.3 Å². The fraction of sp³-hybridized carbons (Fsp3) is 0.450. The highest BCUT2D eigenvalue weighted by Crippen LogP contribution is 2.06. The summed E-state index contributed by atoms with van der Waals surface area (Å²) in [5.74, 6) is -4.77. The molecule has 12 heteroatoms. The van der Waals surface area contributed by atoms with Gasteiger partial charge in [-0.2, -0.15) is 12.6 Å². The van der Waals surface area contributed by atoms with Gasteiger partial charge in [0.25, 0.3) is 0 Å². The Kier molecular flexibility index (Phi) is 11.2. The van der Waals surface area contributed by atoms with Crippen molar-refractivity contribution in [3.8, 4) is 0 Å². The summed E-state index contributed by atoms with van der Waals surface area (Å²) in [5.41, 5.74) is 6.18. The Hall–Kier alpha value is -3.12. The Bertz CT molecular complexity index is 819. The quantitative estimate of drug-likeness (QED) is 0.178. The van der Waals surface area contributed by atoms with E-state index in [2.05, 4.69) is 28.6 Å². The van der Waals surface area contributed by atoms with Crippen LogP contribution in [-0.2, 0) is 30.4 Å². The molecule has 4 unspecified atom stereocenters. The van der Waals surface area contributed by atoms with E-state index < -0.39 is 60.2 Å². The van der Waals surface area contributed by atoms with Crippen LogP contribution in [0.2, 0.25) is 0 Å². The molecular weight excluding hydrogens is 440 g/mol. The van der Waals surface area contributed by atoms with Crippen molar-refractivity contribution in [3.05, 3.63) is 35.9 Å². The normalized spacial score (nSPS) is 14.3. The molecule has 0 aromatic heterocycles. The number of thiol groups is 1. The number of carboxylic acids is 2. The summed E-state index contributed by atoms with van der Waals surface area (Å²) in [7, 11) is 0. The maximum absolute atomic E-state index is 12.8. The van der Waals surface area contributed by atoms with Gasteiger partial charge in [0.15, 0.2) is 0 Å². The summed E-state index contributed by atoms with van der Waals surface area (Å²) in [6.07, 6.45) is -0.756. The van der Waals surface area contributed by atoms with Crippen LogP contribution in [0.3, 0.4) is 0 Å². The first-order valence-electron chi connectivity index (χ1n) is 9.81. The summed E-state index contributed by atoms with van der Waals surface area (Å²) < 4.78 is 0. The van der Waals surface area contributed by atoms with E-state index in [9.17, 15) is 29.1 Å². The lowest BCUT2D eigenvalue weighted by Gasteiger charge is -2.24. The third-order valence-electron chi connectivity index (χ3n) is 4.41. The summed E-state index contributed by atoms with van der Waals surface area (Å²) in [6.45, 7) is 1.44. The zero-order chi connectivity index (χ0) is 24.3. The number of carbonyl (C=O) groups is 5. The van der Waals surface area contributed by atoms with E-state index in [0.717, 1.165) is 0 Å². The number of hydrogen-bond acceptors (Lipinski definition) is 7. The van der Waals surface area contributed by atoms with Crippen LogP contribution in [0, 0.1) is 0 Å². The smallest absolute Gasteiger partial charge is 0.326 e. The molecule has 0 heterocycles. The summed E-state index contributed by atoms with van der Waals surface area (Å²) in [5, 5.41) is 25.3. The van der Waals surface area contributed by atoms with E-state index in [-0.39, 0.29) is 18.6 Å². The number of carboxylic acid groups (broad SMARTS) is 2. The first-order valence-corrected chi connectivity index (χ1v) is 10.4. The van der Waals surface area contributed by atoms with Gasteiger partial charge in [-0.25, -0.2) is 4.79 Å². The lowest BCUT2D eigenvalue weighted by molar-refractivity contribution is -0.143. The first kappa shape index (κ1) is 26.9. The van der Waals surface area contributed by atoms with Crippen LogP contribution in [0.15, 0.2) is 30.3 Å². The van der Waals surface area contributed by atoms with E-state index in [1.165, 1.54) is 6.92 Å². The van der Waals surface area contributed by atoms with Crippen molar-refractivity contribution in [1.29, 1.82) is 0 Å². The fourth-order valence-corrected chi connectivity index (χ4v) is 2.88. The van der Waals surface area contributed by atoms with Crippen molar-refractivity contribution < 1.29 is 34.2 Å². The molecule has 0 aliphatic carbocycles. The molecule has 176 valence electrons. The molecule has 0 saturated heterocycles. The molecular formula is C20H28N4O7S. The highest BCUT2D eigenvalue weighted by Gasteiger charge is 2.29. The van der Waals surface area contributed by atoms with E-state index in [4.69, 9.17) is 10.8 Å². The topological polar surface area (TPSA) is 188 Å². The predicted octanol–water partition coefficient (Wildman–Crippen LogP) is -1.09. The molecule has 1 rings (SSSR count). The van der Waals surface area contributed by atoms with Gasteiger partial charge in [0, 0.05) is 18.6 Å². The van der Waals surface area contributed by atoms with E-state index in [1.807, 2.05) is 0 Å². The Morgan fingerprint density at radius 3 is 1.94 bits per heavy atom. The summed E-state index contributed by atoms with van der Waals surface area (Å²) in [4.78, 5) is 59.5. The maximum Gasteiger partial charge on any atom is 0.326 e. The van der Waals surface area contributed by atoms with Gasteiger partial charge in [-0.15, -0.1) is 0 Å². The third-order valence-corrected chi connectivity index (χ3v) is 4.77. The van der Waals surface area contributed by atoms with Crippen LogP contribution < -0.4 is 21.7 Å². The molecule has 0 saturated carbocycles. The number of nitrogens with two attached hydrogens (primary N) is 1. The van der Waals surface area contributed by atoms with Gasteiger partial charge < -0.3 is 31.9 Å². The Labute approximate surface area is 190 Å². The van der Waals surface area contributed by atoms with Crippen LogP contribution >= 0.6 is 12.6 Å². The van der Waals surface area contributed by atoms with Gasteiger partial charge in [0.2, 0.25) is 17.7 Å². The third kappa shape index (κ3) is 9.35. The van der Waals surface area contributed by atoms with E-state index >= 15 is 0 Å². The van der Waals surface area contributed by atoms with Crippen molar-refractivity contribution in [2.24, 2.45) is 5.73 Å². The zero-order valence-corrected chi connectivity index (χ0v) is 18.4. The molecule has 0 aliphatic heterocycles. The summed E-state index contributed by atoms with van der Waals surface area (Å²) in [6, 6.07) is 4.10. The van der Waals surface area contributed by atoms with Crippen LogP contribution in [-0.4, -0.2) is 69.8 Å². The second kappa shape index (κ2) is 13.3. The second-order valence-electron chi connectivity index (χ2n) is 7.12. The van der Waals surface area contributed by atoms with Crippen LogP contribution in [0.4, 0.5) is 0 Å². The molecule has 0 radical (unpaired) electrons. The maximum atomic E-state index is 12.8. The Morgan fingerprint density at radius 2 is 1.44 bits per heavy atom. The average Bonchev–Trinajstić information content (AvgIpc) is 2.74. The minimum atomic E-state index is -1.45. The number of benzene rings is 1. The molecule has 0 spiro atoms. The highest BCUT2D eigenvalue weighted by molar-refractivity contribution is 7.80. The monoisotopic (exact) mass is 468 g/mol. The van der Waals surface area contributed by atoms with E-state index in [1.54, 1.807) is 30.3 Å². The molecule has 32 heavy (non-hydrogen) atoms. The van der Waals surface area contributed by atoms with Crippen LogP contribution in [0.25, 0.3) is 0 Å². The van der Waals surface area contributed by atoms with Crippen molar-refractivity contribution in [3.63, 3.8) is 0 Å². The van der Waals surface area contributed by atoms with Crippen molar-refractivity contribution in [2.45, 2.75) is 50.4 Å². The van der Waals surface area contributed by atoms with Gasteiger partial charge in [-0.1, -0.05) is 30.3 Å². The lowest BCUT2D eigenvalue weighted by Crippen LogP contribution is -2.58.